The summed E-state index contributed by atoms with van der Waals surface area (Å²) in [5.41, 5.74) is 0.963. The van der Waals surface area contributed by atoms with Crippen LogP contribution in [0.4, 0.5) is 0 Å². The van der Waals surface area contributed by atoms with Gasteiger partial charge in [0.15, 0.2) is 5.89 Å². The van der Waals surface area contributed by atoms with E-state index in [2.05, 4.69) is 24.1 Å². The molecule has 1 fully saturated rings. The smallest absolute Gasteiger partial charge is 0.194 e. The Balaban J connectivity index is 1.99. The maximum atomic E-state index is 5.42. The van der Waals surface area contributed by atoms with Crippen molar-refractivity contribution in [2.75, 3.05) is 19.8 Å². The van der Waals surface area contributed by atoms with Crippen molar-refractivity contribution in [3.8, 4) is 0 Å². The van der Waals surface area contributed by atoms with E-state index in [9.17, 15) is 0 Å². The van der Waals surface area contributed by atoms with Gasteiger partial charge >= 0.3 is 0 Å². The van der Waals surface area contributed by atoms with Crippen LogP contribution in [0.5, 0.6) is 0 Å². The highest BCUT2D eigenvalue weighted by atomic mass is 16.5. The van der Waals surface area contributed by atoms with Gasteiger partial charge in [0.05, 0.1) is 24.9 Å². The molecule has 2 heterocycles. The molecule has 15 heavy (non-hydrogen) atoms. The van der Waals surface area contributed by atoms with Gasteiger partial charge in [0.2, 0.25) is 0 Å². The van der Waals surface area contributed by atoms with Crippen LogP contribution in [-0.2, 0) is 11.2 Å². The number of hydrogen-bond acceptors (Lipinski definition) is 4. The Morgan fingerprint density at radius 2 is 2.47 bits per heavy atom. The maximum Gasteiger partial charge on any atom is 0.194 e. The molecule has 1 unspecified atom stereocenters. The van der Waals surface area contributed by atoms with Crippen molar-refractivity contribution in [3.05, 3.63) is 17.8 Å². The van der Waals surface area contributed by atoms with Crippen molar-refractivity contribution in [2.45, 2.75) is 26.3 Å². The molecule has 0 spiro atoms. The molecule has 1 aliphatic rings. The van der Waals surface area contributed by atoms with Crippen LogP contribution in [0.25, 0.3) is 0 Å². The number of oxazole rings is 1. The molecule has 0 radical (unpaired) electrons. The van der Waals surface area contributed by atoms with E-state index >= 15 is 0 Å². The fourth-order valence-corrected chi connectivity index (χ4v) is 1.68. The van der Waals surface area contributed by atoms with Crippen LogP contribution >= 0.6 is 0 Å². The minimum absolute atomic E-state index is 0.198. The molecule has 0 aromatic carbocycles. The summed E-state index contributed by atoms with van der Waals surface area (Å²) in [6.45, 7) is 6.68. The summed E-state index contributed by atoms with van der Waals surface area (Å²) in [5, 5.41) is 3.35. The van der Waals surface area contributed by atoms with Crippen LogP contribution in [0.1, 0.15) is 31.5 Å². The van der Waals surface area contributed by atoms with Gasteiger partial charge in [-0.15, -0.1) is 0 Å². The average Bonchev–Trinajstić information content (AvgIpc) is 2.67. The van der Waals surface area contributed by atoms with Gasteiger partial charge in [0.1, 0.15) is 6.26 Å². The van der Waals surface area contributed by atoms with Crippen LogP contribution < -0.4 is 5.32 Å². The summed E-state index contributed by atoms with van der Waals surface area (Å²) in [4.78, 5) is 4.46. The zero-order chi connectivity index (χ0) is 10.7. The van der Waals surface area contributed by atoms with Crippen LogP contribution in [0.2, 0.25) is 0 Å². The molecule has 1 aromatic rings. The van der Waals surface area contributed by atoms with E-state index in [1.54, 1.807) is 6.26 Å². The minimum atomic E-state index is 0.198. The Morgan fingerprint density at radius 3 is 3.13 bits per heavy atom. The predicted octanol–water partition coefficient (Wildman–Crippen LogP) is 1.53. The third kappa shape index (κ3) is 2.79. The van der Waals surface area contributed by atoms with E-state index in [-0.39, 0.29) is 6.04 Å². The second-order valence-electron chi connectivity index (χ2n) is 4.35. The molecule has 2 rings (SSSR count). The largest absolute Gasteiger partial charge is 0.449 e. The molecule has 1 saturated heterocycles. The summed E-state index contributed by atoms with van der Waals surface area (Å²) >= 11 is 0. The fourth-order valence-electron chi connectivity index (χ4n) is 1.68. The SMILES string of the molecule is CC(C)Cc1nc(C2COCCN2)co1. The minimum Gasteiger partial charge on any atom is -0.449 e. The van der Waals surface area contributed by atoms with E-state index in [4.69, 9.17) is 9.15 Å². The number of rotatable bonds is 3. The van der Waals surface area contributed by atoms with E-state index in [0.717, 1.165) is 31.2 Å². The summed E-state index contributed by atoms with van der Waals surface area (Å²) < 4.78 is 10.8. The summed E-state index contributed by atoms with van der Waals surface area (Å²) in [6, 6.07) is 0.198. The van der Waals surface area contributed by atoms with E-state index in [1.807, 2.05) is 0 Å². The number of aromatic nitrogens is 1. The number of nitrogens with one attached hydrogen (secondary N) is 1. The van der Waals surface area contributed by atoms with Gasteiger partial charge in [-0.05, 0) is 5.92 Å². The van der Waals surface area contributed by atoms with Crippen molar-refractivity contribution >= 4 is 0 Å². The zero-order valence-electron chi connectivity index (χ0n) is 9.32. The molecule has 1 atom stereocenters. The van der Waals surface area contributed by atoms with Gasteiger partial charge in [-0.25, -0.2) is 4.98 Å². The standard InChI is InChI=1S/C11H18N2O2/c1-8(2)5-11-13-10(7-15-11)9-6-14-4-3-12-9/h7-9,12H,3-6H2,1-2H3. The number of morpholine rings is 1. The third-order valence-electron chi connectivity index (χ3n) is 2.43. The van der Waals surface area contributed by atoms with Crippen LogP contribution in [-0.4, -0.2) is 24.7 Å². The second kappa shape index (κ2) is 4.77. The van der Waals surface area contributed by atoms with Crippen LogP contribution in [0.3, 0.4) is 0 Å². The normalized spacial score (nSPS) is 22.2. The number of hydrogen-bond donors (Lipinski definition) is 1. The Morgan fingerprint density at radius 1 is 1.60 bits per heavy atom. The van der Waals surface area contributed by atoms with Gasteiger partial charge in [-0.1, -0.05) is 13.8 Å². The van der Waals surface area contributed by atoms with Crippen LogP contribution in [0, 0.1) is 5.92 Å². The quantitative estimate of drug-likeness (QED) is 0.822. The lowest BCUT2D eigenvalue weighted by Crippen LogP contribution is -2.34. The molecule has 1 N–H and O–H groups in total. The van der Waals surface area contributed by atoms with Crippen molar-refractivity contribution in [1.29, 1.82) is 0 Å². The van der Waals surface area contributed by atoms with Gasteiger partial charge in [0.25, 0.3) is 0 Å². The molecule has 1 aliphatic heterocycles. The Labute approximate surface area is 90.0 Å². The zero-order valence-corrected chi connectivity index (χ0v) is 9.32. The van der Waals surface area contributed by atoms with E-state index < -0.39 is 0 Å². The fraction of sp³-hybridized carbons (Fsp3) is 0.727. The number of ether oxygens (including phenoxy) is 1. The second-order valence-corrected chi connectivity index (χ2v) is 4.35. The molecule has 4 nitrogen and oxygen atoms in total. The molecule has 0 bridgehead atoms. The van der Waals surface area contributed by atoms with Crippen LogP contribution in [0.15, 0.2) is 10.7 Å². The van der Waals surface area contributed by atoms with Crippen molar-refractivity contribution < 1.29 is 9.15 Å². The van der Waals surface area contributed by atoms with E-state index in [0.29, 0.717) is 12.5 Å². The topological polar surface area (TPSA) is 47.3 Å². The lowest BCUT2D eigenvalue weighted by atomic mass is 10.1. The molecular weight excluding hydrogens is 192 g/mol. The monoisotopic (exact) mass is 210 g/mol. The Hall–Kier alpha value is -0.870. The Kier molecular flexibility index (Phi) is 3.38. The molecule has 0 aliphatic carbocycles. The van der Waals surface area contributed by atoms with Gasteiger partial charge in [0, 0.05) is 13.0 Å². The van der Waals surface area contributed by atoms with Crippen molar-refractivity contribution in [1.82, 2.24) is 10.3 Å². The highest BCUT2D eigenvalue weighted by Crippen LogP contribution is 2.16. The predicted molar refractivity (Wildman–Crippen MR) is 56.6 cm³/mol. The first kappa shape index (κ1) is 10.6. The highest BCUT2D eigenvalue weighted by molar-refractivity contribution is 5.04. The Bertz CT molecular complexity index is 303. The average molecular weight is 210 g/mol. The molecule has 0 amide bonds. The maximum absolute atomic E-state index is 5.42. The molecular formula is C11H18N2O2. The first-order valence-corrected chi connectivity index (χ1v) is 5.51. The summed E-state index contributed by atoms with van der Waals surface area (Å²) in [5.74, 6) is 1.40. The van der Waals surface area contributed by atoms with E-state index in [1.165, 1.54) is 0 Å². The first-order valence-electron chi connectivity index (χ1n) is 5.51. The van der Waals surface area contributed by atoms with Gasteiger partial charge in [-0.3, -0.25) is 0 Å². The lowest BCUT2D eigenvalue weighted by molar-refractivity contribution is 0.0756. The molecule has 84 valence electrons. The van der Waals surface area contributed by atoms with Gasteiger partial charge < -0.3 is 14.5 Å². The first-order chi connectivity index (χ1) is 7.25. The molecule has 0 saturated carbocycles. The molecule has 4 heteroatoms. The third-order valence-corrected chi connectivity index (χ3v) is 2.43. The van der Waals surface area contributed by atoms with Gasteiger partial charge in [-0.2, -0.15) is 0 Å². The van der Waals surface area contributed by atoms with Crippen molar-refractivity contribution in [3.63, 3.8) is 0 Å². The van der Waals surface area contributed by atoms with Crippen molar-refractivity contribution in [2.24, 2.45) is 5.92 Å². The molecule has 1 aromatic heterocycles. The highest BCUT2D eigenvalue weighted by Gasteiger charge is 2.19. The lowest BCUT2D eigenvalue weighted by Gasteiger charge is -2.21. The number of nitrogens with zero attached hydrogens (tertiary/aromatic N) is 1. The summed E-state index contributed by atoms with van der Waals surface area (Å²) in [7, 11) is 0. The summed E-state index contributed by atoms with van der Waals surface area (Å²) in [6.07, 6.45) is 2.64.